The number of benzene rings is 1. The van der Waals surface area contributed by atoms with Crippen LogP contribution in [0, 0.1) is 0 Å². The summed E-state index contributed by atoms with van der Waals surface area (Å²) in [6.07, 6.45) is 0. The first kappa shape index (κ1) is 11.5. The fraction of sp³-hybridized carbons (Fsp3) is 0.333. The summed E-state index contributed by atoms with van der Waals surface area (Å²) in [4.78, 5) is 0. The third kappa shape index (κ3) is 2.85. The van der Waals surface area contributed by atoms with Gasteiger partial charge in [-0.15, -0.1) is 0 Å². The van der Waals surface area contributed by atoms with E-state index in [1.165, 1.54) is 0 Å². The van der Waals surface area contributed by atoms with Crippen LogP contribution in [0.1, 0.15) is 11.6 Å². The highest BCUT2D eigenvalue weighted by atomic mass is 32.1. The predicted molar refractivity (Wildman–Crippen MR) is 55.7 cm³/mol. The number of aliphatic hydroxyl groups is 1. The Balaban J connectivity index is 0.00000121. The Bertz CT molecular complexity index is 199. The molecule has 2 N–H and O–H groups in total. The number of hydrogen-bond donors (Lipinski definition) is 2. The van der Waals surface area contributed by atoms with E-state index in [0.717, 1.165) is 5.56 Å². The normalized spacial score (nSPS) is 11.8. The molecule has 0 amide bonds. The van der Waals surface area contributed by atoms with Gasteiger partial charge < -0.3 is 10.4 Å². The standard InChI is InChI=1S/C9H13NO.H2S/c1-10-9(7-11)8-5-3-2-4-6-8;/h2-6,9-11H,7H2,1H3;1H2/t9-;/m1./s1. The van der Waals surface area contributed by atoms with Crippen molar-refractivity contribution >= 4 is 13.5 Å². The van der Waals surface area contributed by atoms with Crippen LogP contribution in [0.2, 0.25) is 0 Å². The van der Waals surface area contributed by atoms with Crippen LogP contribution in [0.4, 0.5) is 0 Å². The Morgan fingerprint density at radius 1 is 1.33 bits per heavy atom. The van der Waals surface area contributed by atoms with Gasteiger partial charge in [0.15, 0.2) is 0 Å². The second-order valence-electron chi connectivity index (χ2n) is 2.43. The molecule has 1 atom stereocenters. The average Bonchev–Trinajstić information content (AvgIpc) is 2.09. The number of nitrogens with one attached hydrogen (secondary N) is 1. The SMILES string of the molecule is CN[C@H](CO)c1ccccc1.S. The predicted octanol–water partition coefficient (Wildman–Crippen LogP) is 1.05. The molecule has 1 aromatic carbocycles. The van der Waals surface area contributed by atoms with Crippen LogP contribution in [-0.4, -0.2) is 18.8 Å². The van der Waals surface area contributed by atoms with Gasteiger partial charge in [-0.2, -0.15) is 13.5 Å². The Morgan fingerprint density at radius 2 is 1.92 bits per heavy atom. The van der Waals surface area contributed by atoms with Crippen LogP contribution >= 0.6 is 13.5 Å². The molecule has 0 aromatic heterocycles. The van der Waals surface area contributed by atoms with Gasteiger partial charge in [0.2, 0.25) is 0 Å². The quantitative estimate of drug-likeness (QED) is 0.738. The van der Waals surface area contributed by atoms with Crippen molar-refractivity contribution in [3.8, 4) is 0 Å². The van der Waals surface area contributed by atoms with Gasteiger partial charge in [0.1, 0.15) is 0 Å². The maximum absolute atomic E-state index is 8.92. The topological polar surface area (TPSA) is 32.3 Å². The summed E-state index contributed by atoms with van der Waals surface area (Å²) in [7, 11) is 1.84. The van der Waals surface area contributed by atoms with Gasteiger partial charge in [-0.05, 0) is 12.6 Å². The summed E-state index contributed by atoms with van der Waals surface area (Å²) in [6.45, 7) is 0.139. The molecule has 2 nitrogen and oxygen atoms in total. The zero-order valence-corrected chi connectivity index (χ0v) is 8.12. The molecular formula is C9H15NOS. The van der Waals surface area contributed by atoms with Crippen LogP contribution in [0.5, 0.6) is 0 Å². The highest BCUT2D eigenvalue weighted by molar-refractivity contribution is 7.59. The molecule has 0 unspecified atom stereocenters. The van der Waals surface area contributed by atoms with Crippen LogP contribution in [-0.2, 0) is 0 Å². The van der Waals surface area contributed by atoms with Crippen molar-refractivity contribution in [3.05, 3.63) is 35.9 Å². The van der Waals surface area contributed by atoms with E-state index in [2.05, 4.69) is 5.32 Å². The van der Waals surface area contributed by atoms with Gasteiger partial charge in [0, 0.05) is 0 Å². The van der Waals surface area contributed by atoms with Gasteiger partial charge in [-0.3, -0.25) is 0 Å². The lowest BCUT2D eigenvalue weighted by Gasteiger charge is -2.12. The molecule has 1 rings (SSSR count). The zero-order chi connectivity index (χ0) is 8.10. The molecule has 0 aliphatic carbocycles. The van der Waals surface area contributed by atoms with E-state index in [0.29, 0.717) is 0 Å². The van der Waals surface area contributed by atoms with Crippen molar-refractivity contribution < 1.29 is 5.11 Å². The highest BCUT2D eigenvalue weighted by Crippen LogP contribution is 2.09. The van der Waals surface area contributed by atoms with Crippen molar-refractivity contribution in [2.75, 3.05) is 13.7 Å². The van der Waals surface area contributed by atoms with E-state index in [4.69, 9.17) is 5.11 Å². The largest absolute Gasteiger partial charge is 0.394 e. The van der Waals surface area contributed by atoms with Gasteiger partial charge in [0.25, 0.3) is 0 Å². The lowest BCUT2D eigenvalue weighted by atomic mass is 10.1. The summed E-state index contributed by atoms with van der Waals surface area (Å²) in [6, 6.07) is 9.96. The minimum Gasteiger partial charge on any atom is -0.394 e. The fourth-order valence-corrected chi connectivity index (χ4v) is 1.05. The third-order valence-corrected chi connectivity index (χ3v) is 1.73. The van der Waals surface area contributed by atoms with Crippen molar-refractivity contribution in [3.63, 3.8) is 0 Å². The van der Waals surface area contributed by atoms with Crippen molar-refractivity contribution in [2.24, 2.45) is 0 Å². The Hall–Kier alpha value is -0.510. The second kappa shape index (κ2) is 6.06. The molecule has 0 saturated heterocycles. The fourth-order valence-electron chi connectivity index (χ4n) is 1.05. The first-order valence-electron chi connectivity index (χ1n) is 3.71. The van der Waals surface area contributed by atoms with Crippen LogP contribution < -0.4 is 5.32 Å². The Kier molecular flexibility index (Phi) is 5.80. The molecule has 0 spiro atoms. The maximum Gasteiger partial charge on any atom is 0.0626 e. The zero-order valence-electron chi connectivity index (χ0n) is 7.12. The lowest BCUT2D eigenvalue weighted by Crippen LogP contribution is -2.19. The van der Waals surface area contributed by atoms with Crippen molar-refractivity contribution in [1.29, 1.82) is 0 Å². The van der Waals surface area contributed by atoms with Crippen molar-refractivity contribution in [1.82, 2.24) is 5.32 Å². The molecule has 0 bridgehead atoms. The minimum absolute atomic E-state index is 0. The van der Waals surface area contributed by atoms with Crippen molar-refractivity contribution in [2.45, 2.75) is 6.04 Å². The van der Waals surface area contributed by atoms with Crippen LogP contribution in [0.3, 0.4) is 0 Å². The van der Waals surface area contributed by atoms with Gasteiger partial charge >= 0.3 is 0 Å². The van der Waals surface area contributed by atoms with Crippen LogP contribution in [0.15, 0.2) is 30.3 Å². The first-order chi connectivity index (χ1) is 5.38. The van der Waals surface area contributed by atoms with Crippen LogP contribution in [0.25, 0.3) is 0 Å². The summed E-state index contributed by atoms with van der Waals surface area (Å²) in [5, 5.41) is 11.9. The van der Waals surface area contributed by atoms with E-state index in [1.54, 1.807) is 0 Å². The molecule has 0 aliphatic rings. The Labute approximate surface area is 80.1 Å². The average molecular weight is 185 g/mol. The van der Waals surface area contributed by atoms with E-state index in [-0.39, 0.29) is 26.1 Å². The molecular weight excluding hydrogens is 170 g/mol. The molecule has 0 aliphatic heterocycles. The number of hydrogen-bond acceptors (Lipinski definition) is 2. The molecule has 12 heavy (non-hydrogen) atoms. The lowest BCUT2D eigenvalue weighted by molar-refractivity contribution is 0.251. The molecule has 0 saturated carbocycles. The monoisotopic (exact) mass is 185 g/mol. The molecule has 0 heterocycles. The molecule has 3 heteroatoms. The van der Waals surface area contributed by atoms with E-state index in [9.17, 15) is 0 Å². The van der Waals surface area contributed by atoms with Gasteiger partial charge in [-0.25, -0.2) is 0 Å². The number of aliphatic hydroxyl groups excluding tert-OH is 1. The Morgan fingerprint density at radius 3 is 2.33 bits per heavy atom. The molecule has 0 radical (unpaired) electrons. The number of likely N-dealkylation sites (N-methyl/N-ethyl adjacent to an activating group) is 1. The van der Waals surface area contributed by atoms with E-state index >= 15 is 0 Å². The second-order valence-corrected chi connectivity index (χ2v) is 2.43. The van der Waals surface area contributed by atoms with Gasteiger partial charge in [-0.1, -0.05) is 30.3 Å². The first-order valence-corrected chi connectivity index (χ1v) is 3.71. The third-order valence-electron chi connectivity index (χ3n) is 1.73. The smallest absolute Gasteiger partial charge is 0.0626 e. The summed E-state index contributed by atoms with van der Waals surface area (Å²) in [5.74, 6) is 0. The summed E-state index contributed by atoms with van der Waals surface area (Å²) in [5.41, 5.74) is 1.12. The van der Waals surface area contributed by atoms with Gasteiger partial charge in [0.05, 0.1) is 12.6 Å². The minimum atomic E-state index is 0. The summed E-state index contributed by atoms with van der Waals surface area (Å²) >= 11 is 0. The summed E-state index contributed by atoms with van der Waals surface area (Å²) < 4.78 is 0. The molecule has 68 valence electrons. The molecule has 1 aromatic rings. The van der Waals surface area contributed by atoms with E-state index in [1.807, 2.05) is 37.4 Å². The molecule has 0 fully saturated rings. The van der Waals surface area contributed by atoms with E-state index < -0.39 is 0 Å². The number of rotatable bonds is 3. The highest BCUT2D eigenvalue weighted by Gasteiger charge is 2.04. The maximum atomic E-state index is 8.92.